The largest absolute Gasteiger partial charge is 0.417 e. The van der Waals surface area contributed by atoms with Gasteiger partial charge in [-0.3, -0.25) is 4.79 Å². The van der Waals surface area contributed by atoms with Crippen LogP contribution >= 0.6 is 34.7 Å². The van der Waals surface area contributed by atoms with E-state index in [0.29, 0.717) is 11.3 Å². The fraction of sp³-hybridized carbons (Fsp3) is 0.182. The number of thioether (sulfide) groups is 1. The number of hydrogen-bond acceptors (Lipinski definition) is 5. The molecule has 0 atom stereocenters. The van der Waals surface area contributed by atoms with Crippen molar-refractivity contribution in [1.82, 2.24) is 9.97 Å². The van der Waals surface area contributed by atoms with Gasteiger partial charge in [0.2, 0.25) is 5.91 Å². The predicted octanol–water partition coefficient (Wildman–Crippen LogP) is 3.94. The van der Waals surface area contributed by atoms with Gasteiger partial charge in [0.1, 0.15) is 5.03 Å². The Morgan fingerprint density at radius 3 is 2.76 bits per heavy atom. The molecule has 0 aliphatic heterocycles. The smallest absolute Gasteiger partial charge is 0.301 e. The van der Waals surface area contributed by atoms with Crippen LogP contribution in [0.25, 0.3) is 0 Å². The minimum atomic E-state index is -4.50. The van der Waals surface area contributed by atoms with Gasteiger partial charge < -0.3 is 5.32 Å². The van der Waals surface area contributed by atoms with Gasteiger partial charge in [-0.25, -0.2) is 9.97 Å². The normalized spacial score (nSPS) is 11.4. The summed E-state index contributed by atoms with van der Waals surface area (Å²) in [5, 5.41) is 4.72. The molecule has 4 nitrogen and oxygen atoms in total. The van der Waals surface area contributed by atoms with Gasteiger partial charge in [0.25, 0.3) is 0 Å². The molecule has 0 saturated carbocycles. The molecule has 0 aromatic carbocycles. The molecule has 2 heterocycles. The number of halogens is 4. The van der Waals surface area contributed by atoms with Crippen LogP contribution in [-0.2, 0) is 11.0 Å². The number of aromatic nitrogens is 2. The van der Waals surface area contributed by atoms with Crippen LogP contribution in [0.1, 0.15) is 5.56 Å². The van der Waals surface area contributed by atoms with E-state index in [9.17, 15) is 18.0 Å². The lowest BCUT2D eigenvalue weighted by Crippen LogP contribution is -2.14. The highest BCUT2D eigenvalue weighted by Crippen LogP contribution is 2.33. The van der Waals surface area contributed by atoms with Gasteiger partial charge in [0.15, 0.2) is 5.13 Å². The molecule has 0 aliphatic carbocycles. The quantitative estimate of drug-likeness (QED) is 0.846. The van der Waals surface area contributed by atoms with Crippen molar-refractivity contribution in [2.24, 2.45) is 0 Å². The Morgan fingerprint density at radius 2 is 2.19 bits per heavy atom. The number of carbonyl (C=O) groups excluding carboxylic acids is 1. The third-order valence-corrected chi connectivity index (χ3v) is 4.25. The Hall–Kier alpha value is -1.32. The number of nitrogens with one attached hydrogen (secondary N) is 1. The number of alkyl halides is 3. The summed E-state index contributed by atoms with van der Waals surface area (Å²) in [6, 6.07) is 0.787. The Labute approximate surface area is 130 Å². The highest BCUT2D eigenvalue weighted by molar-refractivity contribution is 8.00. The van der Waals surface area contributed by atoms with Crippen LogP contribution < -0.4 is 5.32 Å². The first-order chi connectivity index (χ1) is 9.86. The van der Waals surface area contributed by atoms with E-state index in [0.717, 1.165) is 17.8 Å². The Bertz CT molecular complexity index is 634. The monoisotopic (exact) mass is 353 g/mol. The second-order valence-corrected chi connectivity index (χ2v) is 5.95. The van der Waals surface area contributed by atoms with Crippen LogP contribution in [0, 0.1) is 0 Å². The fourth-order valence-corrected chi connectivity index (χ4v) is 2.80. The van der Waals surface area contributed by atoms with Gasteiger partial charge in [-0.1, -0.05) is 23.4 Å². The zero-order valence-corrected chi connectivity index (χ0v) is 12.5. The molecule has 2 aromatic heterocycles. The third-order valence-electron chi connectivity index (χ3n) is 2.15. The molecule has 21 heavy (non-hydrogen) atoms. The van der Waals surface area contributed by atoms with Gasteiger partial charge in [-0.05, 0) is 6.07 Å². The molecule has 0 radical (unpaired) electrons. The average molecular weight is 354 g/mol. The Balaban J connectivity index is 1.96. The van der Waals surface area contributed by atoms with Crippen LogP contribution in [0.2, 0.25) is 5.02 Å². The van der Waals surface area contributed by atoms with E-state index in [1.54, 1.807) is 11.6 Å². The minimum Gasteiger partial charge on any atom is -0.301 e. The summed E-state index contributed by atoms with van der Waals surface area (Å²) in [6.07, 6.45) is -2.27. The van der Waals surface area contributed by atoms with Crippen molar-refractivity contribution in [1.29, 1.82) is 0 Å². The van der Waals surface area contributed by atoms with Gasteiger partial charge in [0.05, 0.1) is 16.3 Å². The highest BCUT2D eigenvalue weighted by atomic mass is 35.5. The summed E-state index contributed by atoms with van der Waals surface area (Å²) in [6.45, 7) is 0. The maximum absolute atomic E-state index is 12.4. The van der Waals surface area contributed by atoms with Crippen LogP contribution in [0.5, 0.6) is 0 Å². The Morgan fingerprint density at radius 1 is 1.43 bits per heavy atom. The highest BCUT2D eigenvalue weighted by Gasteiger charge is 2.31. The molecular formula is C11H7ClF3N3OS2. The van der Waals surface area contributed by atoms with E-state index in [1.165, 1.54) is 11.3 Å². The van der Waals surface area contributed by atoms with Crippen molar-refractivity contribution in [3.05, 3.63) is 34.4 Å². The summed E-state index contributed by atoms with van der Waals surface area (Å²) in [4.78, 5) is 19.1. The lowest BCUT2D eigenvalue weighted by atomic mass is 10.3. The van der Waals surface area contributed by atoms with Gasteiger partial charge >= 0.3 is 6.18 Å². The van der Waals surface area contributed by atoms with Crippen molar-refractivity contribution in [2.45, 2.75) is 11.2 Å². The van der Waals surface area contributed by atoms with Gasteiger partial charge in [-0.15, -0.1) is 11.3 Å². The summed E-state index contributed by atoms with van der Waals surface area (Å²) in [5.74, 6) is -0.370. The fourth-order valence-electron chi connectivity index (χ4n) is 1.26. The van der Waals surface area contributed by atoms with Crippen LogP contribution in [-0.4, -0.2) is 21.6 Å². The second kappa shape index (κ2) is 6.63. The average Bonchev–Trinajstić information content (AvgIpc) is 2.89. The molecule has 10 heteroatoms. The first kappa shape index (κ1) is 16.1. The van der Waals surface area contributed by atoms with Crippen molar-refractivity contribution in [3.8, 4) is 0 Å². The molecule has 0 bridgehead atoms. The van der Waals surface area contributed by atoms with Crippen LogP contribution in [0.15, 0.2) is 28.9 Å². The van der Waals surface area contributed by atoms with E-state index in [4.69, 9.17) is 11.6 Å². The lowest BCUT2D eigenvalue weighted by molar-refractivity contribution is -0.137. The van der Waals surface area contributed by atoms with E-state index < -0.39 is 11.7 Å². The number of amides is 1. The molecule has 0 aliphatic rings. The van der Waals surface area contributed by atoms with Crippen molar-refractivity contribution < 1.29 is 18.0 Å². The molecule has 1 N–H and O–H groups in total. The summed E-state index contributed by atoms with van der Waals surface area (Å²) < 4.78 is 37.3. The zero-order valence-electron chi connectivity index (χ0n) is 10.1. The first-order valence-corrected chi connectivity index (χ1v) is 7.65. The Kier molecular flexibility index (Phi) is 5.07. The molecule has 0 saturated heterocycles. The molecule has 1 amide bonds. The molecule has 112 valence electrons. The van der Waals surface area contributed by atoms with E-state index >= 15 is 0 Å². The topological polar surface area (TPSA) is 54.9 Å². The van der Waals surface area contributed by atoms with Crippen molar-refractivity contribution >= 4 is 45.7 Å². The minimum absolute atomic E-state index is 0.0301. The third kappa shape index (κ3) is 4.58. The number of hydrogen-bond donors (Lipinski definition) is 1. The van der Waals surface area contributed by atoms with E-state index in [1.807, 2.05) is 0 Å². The SMILES string of the molecule is O=C(CSc1ncc(C(F)(F)F)cc1Cl)Nc1nccs1. The first-order valence-electron chi connectivity index (χ1n) is 5.41. The number of carbonyl (C=O) groups is 1. The summed E-state index contributed by atoms with van der Waals surface area (Å²) in [7, 11) is 0. The van der Waals surface area contributed by atoms with Crippen molar-refractivity contribution in [2.75, 3.05) is 11.1 Å². The molecule has 2 rings (SSSR count). The maximum Gasteiger partial charge on any atom is 0.417 e. The predicted molar refractivity (Wildman–Crippen MR) is 75.7 cm³/mol. The number of pyridine rings is 1. The number of nitrogens with zero attached hydrogens (tertiary/aromatic N) is 2. The summed E-state index contributed by atoms with van der Waals surface area (Å²) >= 11 is 7.95. The molecular weight excluding hydrogens is 347 g/mol. The molecule has 0 unspecified atom stereocenters. The lowest BCUT2D eigenvalue weighted by Gasteiger charge is -2.08. The van der Waals surface area contributed by atoms with Crippen LogP contribution in [0.4, 0.5) is 18.3 Å². The number of thiazole rings is 1. The molecule has 0 spiro atoms. The van der Waals surface area contributed by atoms with E-state index in [2.05, 4.69) is 15.3 Å². The number of anilines is 1. The second-order valence-electron chi connectivity index (χ2n) is 3.68. The van der Waals surface area contributed by atoms with Gasteiger partial charge in [-0.2, -0.15) is 13.2 Å². The zero-order chi connectivity index (χ0) is 15.5. The maximum atomic E-state index is 12.4. The number of rotatable bonds is 4. The standard InChI is InChI=1S/C11H7ClF3N3OS2/c12-7-3-6(11(13,14)15)4-17-9(7)21-5-8(19)18-10-16-1-2-20-10/h1-4H,5H2,(H,16,18,19). The molecule has 2 aromatic rings. The molecule has 0 fully saturated rings. The summed E-state index contributed by atoms with van der Waals surface area (Å²) in [5.41, 5.74) is -0.927. The van der Waals surface area contributed by atoms with Crippen LogP contribution in [0.3, 0.4) is 0 Å². The van der Waals surface area contributed by atoms with E-state index in [-0.39, 0.29) is 21.7 Å². The van der Waals surface area contributed by atoms with Crippen molar-refractivity contribution in [3.63, 3.8) is 0 Å². The van der Waals surface area contributed by atoms with Gasteiger partial charge in [0, 0.05) is 17.8 Å².